The zero-order valence-corrected chi connectivity index (χ0v) is 13.6. The third-order valence-corrected chi connectivity index (χ3v) is 4.03. The van der Waals surface area contributed by atoms with Crippen LogP contribution in [-0.4, -0.2) is 69.5 Å². The van der Waals surface area contributed by atoms with Crippen LogP contribution < -0.4 is 10.2 Å². The van der Waals surface area contributed by atoms with Gasteiger partial charge in [-0.25, -0.2) is 19.9 Å². The van der Waals surface area contributed by atoms with E-state index in [0.29, 0.717) is 23.8 Å². The van der Waals surface area contributed by atoms with Gasteiger partial charge in [-0.2, -0.15) is 0 Å². The van der Waals surface area contributed by atoms with Crippen LogP contribution in [0, 0.1) is 0 Å². The number of ether oxygens (including phenoxy) is 1. The van der Waals surface area contributed by atoms with Crippen LogP contribution in [0.1, 0.15) is 0 Å². The second-order valence-electron chi connectivity index (χ2n) is 5.65. The Kier molecular flexibility index (Phi) is 4.40. The average Bonchev–Trinajstić information content (AvgIpc) is 3.16. The summed E-state index contributed by atoms with van der Waals surface area (Å²) in [6, 6.07) is 3.93. The highest BCUT2D eigenvalue weighted by atomic mass is 16.5. The maximum Gasteiger partial charge on any atom is 0.183 e. The zero-order valence-electron chi connectivity index (χ0n) is 13.6. The summed E-state index contributed by atoms with van der Waals surface area (Å²) < 4.78 is 5.37. The maximum absolute atomic E-state index is 9.04. The van der Waals surface area contributed by atoms with Crippen molar-refractivity contribution in [2.75, 3.05) is 49.7 Å². The van der Waals surface area contributed by atoms with Crippen molar-refractivity contribution >= 4 is 22.8 Å². The van der Waals surface area contributed by atoms with Crippen molar-refractivity contribution < 1.29 is 9.84 Å². The third kappa shape index (κ3) is 3.24. The lowest BCUT2D eigenvalue weighted by Crippen LogP contribution is -2.36. The average molecular weight is 341 g/mol. The van der Waals surface area contributed by atoms with Crippen LogP contribution in [-0.2, 0) is 4.74 Å². The number of nitrogens with zero attached hydrogens (tertiary/aromatic N) is 5. The Morgan fingerprint density at radius 2 is 2.08 bits per heavy atom. The highest BCUT2D eigenvalue weighted by Gasteiger charge is 2.14. The minimum atomic E-state index is 0.0186. The number of nitrogens with one attached hydrogen (secondary N) is 2. The predicted octanol–water partition coefficient (Wildman–Crippen LogP) is 0.656. The van der Waals surface area contributed by atoms with E-state index in [1.165, 1.54) is 0 Å². The maximum atomic E-state index is 9.04. The second kappa shape index (κ2) is 6.99. The number of rotatable bonds is 5. The van der Waals surface area contributed by atoms with Crippen LogP contribution in [0.3, 0.4) is 0 Å². The molecule has 0 bridgehead atoms. The summed E-state index contributed by atoms with van der Waals surface area (Å²) in [5, 5.41) is 12.1. The van der Waals surface area contributed by atoms with E-state index < -0.39 is 0 Å². The normalized spacial score (nSPS) is 14.8. The molecular formula is C16H19N7O2. The van der Waals surface area contributed by atoms with E-state index in [1.54, 1.807) is 12.5 Å². The number of H-pyrrole nitrogens is 1. The van der Waals surface area contributed by atoms with E-state index in [9.17, 15) is 0 Å². The molecule has 3 N–H and O–H groups in total. The van der Waals surface area contributed by atoms with Gasteiger partial charge in [0.1, 0.15) is 11.3 Å². The Labute approximate surface area is 144 Å². The highest BCUT2D eigenvalue weighted by molar-refractivity contribution is 5.84. The van der Waals surface area contributed by atoms with Crippen LogP contribution >= 0.6 is 0 Å². The van der Waals surface area contributed by atoms with Gasteiger partial charge in [0.25, 0.3) is 0 Å². The first-order valence-electron chi connectivity index (χ1n) is 8.20. The Balaban J connectivity index is 1.64. The molecule has 25 heavy (non-hydrogen) atoms. The van der Waals surface area contributed by atoms with E-state index in [-0.39, 0.29) is 6.61 Å². The molecule has 4 heterocycles. The van der Waals surface area contributed by atoms with Gasteiger partial charge in [-0.05, 0) is 12.1 Å². The number of morpholine rings is 1. The largest absolute Gasteiger partial charge is 0.395 e. The molecule has 130 valence electrons. The molecule has 0 aromatic carbocycles. The van der Waals surface area contributed by atoms with Crippen LogP contribution in [0.2, 0.25) is 0 Å². The van der Waals surface area contributed by atoms with Gasteiger partial charge in [-0.15, -0.1) is 0 Å². The van der Waals surface area contributed by atoms with Crippen molar-refractivity contribution in [3.63, 3.8) is 0 Å². The number of fused-ring (bicyclic) bond motifs is 1. The van der Waals surface area contributed by atoms with Crippen molar-refractivity contribution in [1.29, 1.82) is 0 Å². The molecule has 0 spiro atoms. The SMILES string of the molecule is OCCNc1nc(-c2ccc(N3CCOCC3)nc2)nc2nc[nH]c12. The zero-order chi connectivity index (χ0) is 17.1. The lowest BCUT2D eigenvalue weighted by molar-refractivity contribution is 0.122. The summed E-state index contributed by atoms with van der Waals surface area (Å²) in [7, 11) is 0. The minimum absolute atomic E-state index is 0.0186. The molecule has 9 heteroatoms. The molecule has 0 aliphatic carbocycles. The van der Waals surface area contributed by atoms with Gasteiger partial charge in [0.2, 0.25) is 0 Å². The lowest BCUT2D eigenvalue weighted by atomic mass is 10.2. The number of hydrogen-bond donors (Lipinski definition) is 3. The molecule has 1 fully saturated rings. The molecule has 1 aliphatic rings. The van der Waals surface area contributed by atoms with Crippen molar-refractivity contribution in [2.24, 2.45) is 0 Å². The topological polar surface area (TPSA) is 112 Å². The summed E-state index contributed by atoms with van der Waals surface area (Å²) in [4.78, 5) is 23.0. The summed E-state index contributed by atoms with van der Waals surface area (Å²) in [6.07, 6.45) is 3.35. The first kappa shape index (κ1) is 15.7. The van der Waals surface area contributed by atoms with Gasteiger partial charge in [0.15, 0.2) is 17.3 Å². The summed E-state index contributed by atoms with van der Waals surface area (Å²) in [5.74, 6) is 2.08. The molecule has 0 amide bonds. The fraction of sp³-hybridized carbons (Fsp3) is 0.375. The lowest BCUT2D eigenvalue weighted by Gasteiger charge is -2.27. The van der Waals surface area contributed by atoms with Crippen LogP contribution in [0.15, 0.2) is 24.7 Å². The summed E-state index contributed by atoms with van der Waals surface area (Å²) in [5.41, 5.74) is 2.10. The minimum Gasteiger partial charge on any atom is -0.395 e. The van der Waals surface area contributed by atoms with Crippen molar-refractivity contribution in [3.8, 4) is 11.4 Å². The van der Waals surface area contributed by atoms with Crippen molar-refractivity contribution in [3.05, 3.63) is 24.7 Å². The van der Waals surface area contributed by atoms with Gasteiger partial charge in [0.05, 0.1) is 26.1 Å². The van der Waals surface area contributed by atoms with Gasteiger partial charge < -0.3 is 25.0 Å². The van der Waals surface area contributed by atoms with Gasteiger partial charge >= 0.3 is 0 Å². The van der Waals surface area contributed by atoms with E-state index in [2.05, 4.69) is 35.1 Å². The summed E-state index contributed by atoms with van der Waals surface area (Å²) >= 11 is 0. The van der Waals surface area contributed by atoms with E-state index in [0.717, 1.165) is 43.2 Å². The fourth-order valence-corrected chi connectivity index (χ4v) is 2.76. The predicted molar refractivity (Wildman–Crippen MR) is 93.5 cm³/mol. The highest BCUT2D eigenvalue weighted by Crippen LogP contribution is 2.23. The molecule has 0 atom stereocenters. The number of aromatic amines is 1. The first-order valence-corrected chi connectivity index (χ1v) is 8.20. The van der Waals surface area contributed by atoms with Crippen LogP contribution in [0.5, 0.6) is 0 Å². The first-order chi connectivity index (χ1) is 12.3. The summed E-state index contributed by atoms with van der Waals surface area (Å²) in [6.45, 7) is 3.56. The second-order valence-corrected chi connectivity index (χ2v) is 5.65. The number of hydrogen-bond acceptors (Lipinski definition) is 8. The van der Waals surface area contributed by atoms with Crippen molar-refractivity contribution in [1.82, 2.24) is 24.9 Å². The fourth-order valence-electron chi connectivity index (χ4n) is 2.76. The van der Waals surface area contributed by atoms with Crippen molar-refractivity contribution in [2.45, 2.75) is 0 Å². The Morgan fingerprint density at radius 1 is 1.20 bits per heavy atom. The van der Waals surface area contributed by atoms with Gasteiger partial charge in [-0.1, -0.05) is 0 Å². The molecule has 4 rings (SSSR count). The monoisotopic (exact) mass is 341 g/mol. The number of anilines is 2. The number of imidazole rings is 1. The van der Waals surface area contributed by atoms with Gasteiger partial charge in [-0.3, -0.25) is 0 Å². The van der Waals surface area contributed by atoms with E-state index in [1.807, 2.05) is 12.1 Å². The number of aliphatic hydroxyl groups is 1. The van der Waals surface area contributed by atoms with E-state index >= 15 is 0 Å². The Morgan fingerprint density at radius 3 is 2.84 bits per heavy atom. The molecule has 9 nitrogen and oxygen atoms in total. The molecule has 3 aromatic rings. The standard InChI is InChI=1S/C16H19N7O2/c24-6-3-17-15-13-16(20-10-19-13)22-14(21-15)11-1-2-12(18-9-11)23-4-7-25-8-5-23/h1-2,9-10,24H,3-8H2,(H2,17,19,20,21,22). The molecule has 0 radical (unpaired) electrons. The van der Waals surface area contributed by atoms with Gasteiger partial charge in [0, 0.05) is 31.4 Å². The number of pyridine rings is 1. The van der Waals surface area contributed by atoms with Crippen LogP contribution in [0.25, 0.3) is 22.6 Å². The third-order valence-electron chi connectivity index (χ3n) is 4.03. The Bertz CT molecular complexity index is 843. The molecule has 1 aliphatic heterocycles. The smallest absolute Gasteiger partial charge is 0.183 e. The Hall–Kier alpha value is -2.78. The number of aliphatic hydroxyl groups excluding tert-OH is 1. The molecule has 0 saturated carbocycles. The molecule has 3 aromatic heterocycles. The van der Waals surface area contributed by atoms with E-state index in [4.69, 9.17) is 9.84 Å². The molecule has 1 saturated heterocycles. The quantitative estimate of drug-likeness (QED) is 0.620. The van der Waals surface area contributed by atoms with Crippen LogP contribution in [0.4, 0.5) is 11.6 Å². The number of aromatic nitrogens is 5. The molecule has 0 unspecified atom stereocenters. The molecular weight excluding hydrogens is 322 g/mol.